The van der Waals surface area contributed by atoms with Crippen LogP contribution in [0.4, 0.5) is 0 Å². The maximum Gasteiger partial charge on any atom is 0.193 e. The number of ether oxygens (including phenoxy) is 1. The van der Waals surface area contributed by atoms with Gasteiger partial charge in [0.1, 0.15) is 5.75 Å². The number of aromatic nitrogens is 2. The van der Waals surface area contributed by atoms with Crippen LogP contribution in [0.15, 0.2) is 29.3 Å². The molecule has 28 heavy (non-hydrogen) atoms. The minimum Gasteiger partial charge on any atom is -0.497 e. The number of nitrogens with zero attached hydrogens (tertiary/aromatic N) is 4. The van der Waals surface area contributed by atoms with Crippen molar-refractivity contribution < 1.29 is 4.74 Å². The Morgan fingerprint density at radius 2 is 2.00 bits per heavy atom. The second-order valence-corrected chi connectivity index (χ2v) is 7.20. The second kappa shape index (κ2) is 10.1. The highest BCUT2D eigenvalue weighted by Gasteiger charge is 2.26. The van der Waals surface area contributed by atoms with E-state index in [1.165, 1.54) is 16.8 Å². The third-order valence-corrected chi connectivity index (χ3v) is 5.60. The lowest BCUT2D eigenvalue weighted by atomic mass is 9.98. The second-order valence-electron chi connectivity index (χ2n) is 7.20. The Kier molecular flexibility index (Phi) is 8.15. The first-order valence-electron chi connectivity index (χ1n) is 9.62. The summed E-state index contributed by atoms with van der Waals surface area (Å²) < 4.78 is 7.22. The zero-order valence-corrected chi connectivity index (χ0v) is 19.9. The van der Waals surface area contributed by atoms with E-state index in [9.17, 15) is 0 Å². The monoisotopic (exact) mass is 497 g/mol. The van der Waals surface area contributed by atoms with Gasteiger partial charge < -0.3 is 15.0 Å². The van der Waals surface area contributed by atoms with Gasteiger partial charge in [-0.1, -0.05) is 12.1 Å². The van der Waals surface area contributed by atoms with Crippen LogP contribution < -0.4 is 10.1 Å². The zero-order valence-electron chi connectivity index (χ0n) is 17.5. The first kappa shape index (κ1) is 22.5. The van der Waals surface area contributed by atoms with E-state index in [1.807, 2.05) is 30.9 Å². The quantitative estimate of drug-likeness (QED) is 0.392. The van der Waals surface area contributed by atoms with Crippen LogP contribution in [0.1, 0.15) is 34.9 Å². The molecule has 6 nitrogen and oxygen atoms in total. The summed E-state index contributed by atoms with van der Waals surface area (Å²) in [5.41, 5.74) is 5.06. The SMILES string of the molecule is CN=C(NCCc1c(C)nn(C)c1C)N1CCC(c2ccc(OC)cc2)C1.I. The molecule has 7 heteroatoms. The van der Waals surface area contributed by atoms with E-state index < -0.39 is 0 Å². The van der Waals surface area contributed by atoms with Crippen molar-refractivity contribution in [3.05, 3.63) is 46.8 Å². The Morgan fingerprint density at radius 3 is 2.57 bits per heavy atom. The minimum absolute atomic E-state index is 0. The molecule has 1 aromatic carbocycles. The van der Waals surface area contributed by atoms with Crippen LogP contribution >= 0.6 is 24.0 Å². The molecule has 0 aliphatic carbocycles. The van der Waals surface area contributed by atoms with Gasteiger partial charge in [0.15, 0.2) is 5.96 Å². The lowest BCUT2D eigenvalue weighted by Gasteiger charge is -2.22. The van der Waals surface area contributed by atoms with Crippen LogP contribution in [-0.4, -0.2) is 54.4 Å². The van der Waals surface area contributed by atoms with Crippen molar-refractivity contribution >= 4 is 29.9 Å². The summed E-state index contributed by atoms with van der Waals surface area (Å²) >= 11 is 0. The molecule has 0 radical (unpaired) electrons. The number of rotatable bonds is 5. The fraction of sp³-hybridized carbons (Fsp3) is 0.524. The van der Waals surface area contributed by atoms with Gasteiger partial charge in [-0.15, -0.1) is 24.0 Å². The molecular weight excluding hydrogens is 465 g/mol. The van der Waals surface area contributed by atoms with Crippen molar-refractivity contribution in [1.82, 2.24) is 20.0 Å². The molecule has 1 unspecified atom stereocenters. The Bertz CT molecular complexity index is 800. The van der Waals surface area contributed by atoms with E-state index in [1.54, 1.807) is 7.11 Å². The number of hydrogen-bond acceptors (Lipinski definition) is 3. The summed E-state index contributed by atoms with van der Waals surface area (Å²) in [5.74, 6) is 2.44. The highest BCUT2D eigenvalue weighted by Crippen LogP contribution is 2.28. The highest BCUT2D eigenvalue weighted by atomic mass is 127. The van der Waals surface area contributed by atoms with Gasteiger partial charge in [-0.3, -0.25) is 9.67 Å². The highest BCUT2D eigenvalue weighted by molar-refractivity contribution is 14.0. The lowest BCUT2D eigenvalue weighted by Crippen LogP contribution is -2.40. The van der Waals surface area contributed by atoms with E-state index in [0.29, 0.717) is 5.92 Å². The molecular formula is C21H32IN5O. The normalized spacial score (nSPS) is 16.8. The van der Waals surface area contributed by atoms with Gasteiger partial charge in [0, 0.05) is 45.3 Å². The Labute approximate surface area is 185 Å². The van der Waals surface area contributed by atoms with Crippen molar-refractivity contribution in [2.45, 2.75) is 32.6 Å². The summed E-state index contributed by atoms with van der Waals surface area (Å²) in [7, 11) is 5.57. The number of hydrogen-bond donors (Lipinski definition) is 1. The van der Waals surface area contributed by atoms with Crippen LogP contribution in [0.5, 0.6) is 5.75 Å². The van der Waals surface area contributed by atoms with Crippen molar-refractivity contribution in [2.75, 3.05) is 33.8 Å². The molecule has 1 aliphatic rings. The molecule has 2 heterocycles. The molecule has 1 atom stereocenters. The molecule has 2 aromatic rings. The maximum absolute atomic E-state index is 5.26. The van der Waals surface area contributed by atoms with Crippen molar-refractivity contribution in [1.29, 1.82) is 0 Å². The number of aryl methyl sites for hydroxylation is 2. The number of halogens is 1. The average molecular weight is 497 g/mol. The van der Waals surface area contributed by atoms with Crippen LogP contribution in [0, 0.1) is 13.8 Å². The van der Waals surface area contributed by atoms with E-state index in [2.05, 4.69) is 46.3 Å². The predicted octanol–water partition coefficient (Wildman–Crippen LogP) is 3.27. The third-order valence-electron chi connectivity index (χ3n) is 5.60. The number of methoxy groups -OCH3 is 1. The van der Waals surface area contributed by atoms with Crippen LogP contribution in [0.25, 0.3) is 0 Å². The molecule has 1 N–H and O–H groups in total. The fourth-order valence-corrected chi connectivity index (χ4v) is 3.91. The molecule has 154 valence electrons. The first-order chi connectivity index (χ1) is 13.0. The Balaban J connectivity index is 0.00000280. The Morgan fingerprint density at radius 1 is 1.29 bits per heavy atom. The van der Waals surface area contributed by atoms with Crippen molar-refractivity contribution in [3.8, 4) is 5.75 Å². The molecule has 3 rings (SSSR count). The number of guanidine groups is 1. The number of aliphatic imine (C=N–C) groups is 1. The van der Waals surface area contributed by atoms with Crippen LogP contribution in [-0.2, 0) is 13.5 Å². The van der Waals surface area contributed by atoms with Crippen molar-refractivity contribution in [2.24, 2.45) is 12.0 Å². The molecule has 0 spiro atoms. The zero-order chi connectivity index (χ0) is 19.4. The minimum atomic E-state index is 0. The fourth-order valence-electron chi connectivity index (χ4n) is 3.91. The van der Waals surface area contributed by atoms with Gasteiger partial charge in [-0.25, -0.2) is 0 Å². The first-order valence-corrected chi connectivity index (χ1v) is 9.62. The topological polar surface area (TPSA) is 54.7 Å². The molecule has 1 aliphatic heterocycles. The average Bonchev–Trinajstić information content (AvgIpc) is 3.25. The van der Waals surface area contributed by atoms with Gasteiger partial charge >= 0.3 is 0 Å². The van der Waals surface area contributed by atoms with E-state index >= 15 is 0 Å². The summed E-state index contributed by atoms with van der Waals surface area (Å²) in [6, 6.07) is 8.45. The molecule has 1 fully saturated rings. The standard InChI is InChI=1S/C21H31N5O.HI/c1-15-20(16(2)25(4)24-15)10-12-23-21(22-3)26-13-11-18(14-26)17-6-8-19(27-5)9-7-17;/h6-9,18H,10-14H2,1-5H3,(H,22,23);1H. The maximum atomic E-state index is 5.26. The van der Waals surface area contributed by atoms with Gasteiger partial charge in [0.2, 0.25) is 0 Å². The van der Waals surface area contributed by atoms with Gasteiger partial charge in [0.25, 0.3) is 0 Å². The largest absolute Gasteiger partial charge is 0.497 e. The van der Waals surface area contributed by atoms with E-state index in [-0.39, 0.29) is 24.0 Å². The van der Waals surface area contributed by atoms with Gasteiger partial charge in [0.05, 0.1) is 12.8 Å². The van der Waals surface area contributed by atoms with Crippen molar-refractivity contribution in [3.63, 3.8) is 0 Å². The number of nitrogens with one attached hydrogen (secondary N) is 1. The molecule has 1 aromatic heterocycles. The smallest absolute Gasteiger partial charge is 0.193 e. The molecule has 0 amide bonds. The lowest BCUT2D eigenvalue weighted by molar-refractivity contribution is 0.414. The van der Waals surface area contributed by atoms with E-state index in [0.717, 1.165) is 49.9 Å². The van der Waals surface area contributed by atoms with Crippen LogP contribution in [0.2, 0.25) is 0 Å². The molecule has 0 bridgehead atoms. The van der Waals surface area contributed by atoms with E-state index in [4.69, 9.17) is 4.74 Å². The van der Waals surface area contributed by atoms with Crippen LogP contribution in [0.3, 0.4) is 0 Å². The van der Waals surface area contributed by atoms with Gasteiger partial charge in [-0.05, 0) is 49.9 Å². The number of benzene rings is 1. The Hall–Kier alpha value is -1.77. The third kappa shape index (κ3) is 4.98. The molecule has 1 saturated heterocycles. The van der Waals surface area contributed by atoms with Gasteiger partial charge in [-0.2, -0.15) is 5.10 Å². The predicted molar refractivity (Wildman–Crippen MR) is 125 cm³/mol. The summed E-state index contributed by atoms with van der Waals surface area (Å²) in [6.07, 6.45) is 2.11. The molecule has 0 saturated carbocycles. The summed E-state index contributed by atoms with van der Waals surface area (Å²) in [5, 5.41) is 8.03. The number of likely N-dealkylation sites (tertiary alicyclic amines) is 1. The summed E-state index contributed by atoms with van der Waals surface area (Å²) in [6.45, 7) is 7.10. The summed E-state index contributed by atoms with van der Waals surface area (Å²) in [4.78, 5) is 6.86.